The lowest BCUT2D eigenvalue weighted by molar-refractivity contribution is -0.700. The summed E-state index contributed by atoms with van der Waals surface area (Å²) in [5.74, 6) is 0.197. The number of carbonyl (C=O) groups excluding carboxylic acids is 1. The van der Waals surface area contributed by atoms with E-state index in [1.54, 1.807) is 0 Å². The van der Waals surface area contributed by atoms with Gasteiger partial charge in [-0.25, -0.2) is 9.55 Å². The van der Waals surface area contributed by atoms with E-state index in [-0.39, 0.29) is 11.7 Å². The molecule has 1 aliphatic rings. The van der Waals surface area contributed by atoms with E-state index in [4.69, 9.17) is 16.3 Å². The predicted molar refractivity (Wildman–Crippen MR) is 138 cm³/mol. The molecule has 1 aliphatic heterocycles. The van der Waals surface area contributed by atoms with Crippen molar-refractivity contribution >= 4 is 51.7 Å². The maximum atomic E-state index is 13.0. The Bertz CT molecular complexity index is 1290. The topological polar surface area (TPSA) is 61.2 Å². The van der Waals surface area contributed by atoms with Gasteiger partial charge in [0.05, 0.1) is 35.4 Å². The molecule has 174 valence electrons. The Hall–Kier alpha value is -3.00. The van der Waals surface area contributed by atoms with Crippen LogP contribution in [0.4, 0.5) is 11.4 Å². The van der Waals surface area contributed by atoms with Crippen LogP contribution in [-0.4, -0.2) is 42.9 Å². The van der Waals surface area contributed by atoms with Crippen molar-refractivity contribution in [3.63, 3.8) is 0 Å². The van der Waals surface area contributed by atoms with Gasteiger partial charge >= 0.3 is 5.16 Å². The molecular formula is C26H26ClN4O2S+. The van der Waals surface area contributed by atoms with Gasteiger partial charge in [-0.2, -0.15) is 0 Å². The molecule has 0 unspecified atom stereocenters. The van der Waals surface area contributed by atoms with Crippen LogP contribution in [0.5, 0.6) is 0 Å². The number of aromatic amines is 1. The Kier molecular flexibility index (Phi) is 7.04. The van der Waals surface area contributed by atoms with Crippen LogP contribution < -0.4 is 14.8 Å². The van der Waals surface area contributed by atoms with Crippen LogP contribution in [0.2, 0.25) is 5.02 Å². The zero-order valence-corrected chi connectivity index (χ0v) is 20.2. The van der Waals surface area contributed by atoms with Gasteiger partial charge in [0.1, 0.15) is 6.54 Å². The maximum absolute atomic E-state index is 13.0. The predicted octanol–water partition coefficient (Wildman–Crippen LogP) is 4.72. The highest BCUT2D eigenvalue weighted by molar-refractivity contribution is 7.99. The number of ether oxygens (including phenoxy) is 1. The number of para-hydroxylation sites is 3. The molecule has 1 amide bonds. The number of H-pyrrole nitrogens is 1. The van der Waals surface area contributed by atoms with E-state index in [0.29, 0.717) is 18.2 Å². The molecular weight excluding hydrogens is 468 g/mol. The molecule has 5 rings (SSSR count). The maximum Gasteiger partial charge on any atom is 0.317 e. The van der Waals surface area contributed by atoms with Crippen molar-refractivity contribution in [2.45, 2.75) is 11.7 Å². The second-order valence-corrected chi connectivity index (χ2v) is 9.46. The number of morpholine rings is 1. The van der Waals surface area contributed by atoms with Crippen LogP contribution in [0.3, 0.4) is 0 Å². The fourth-order valence-corrected chi connectivity index (χ4v) is 5.32. The number of imidazole rings is 1. The third-order valence-corrected chi connectivity index (χ3v) is 7.10. The van der Waals surface area contributed by atoms with Crippen molar-refractivity contribution in [1.29, 1.82) is 0 Å². The minimum absolute atomic E-state index is 0.0771. The summed E-state index contributed by atoms with van der Waals surface area (Å²) in [6, 6.07) is 24.1. The number of anilines is 2. The molecule has 1 fully saturated rings. The number of nitrogens with zero attached hydrogens (tertiary/aromatic N) is 2. The monoisotopic (exact) mass is 493 g/mol. The number of hydrogen-bond donors (Lipinski definition) is 2. The number of fused-ring (bicyclic) bond motifs is 1. The van der Waals surface area contributed by atoms with Crippen molar-refractivity contribution < 1.29 is 14.1 Å². The van der Waals surface area contributed by atoms with Crippen LogP contribution in [-0.2, 0) is 16.1 Å². The summed E-state index contributed by atoms with van der Waals surface area (Å²) in [4.78, 5) is 18.6. The van der Waals surface area contributed by atoms with Crippen molar-refractivity contribution in [3.05, 3.63) is 83.4 Å². The second-order valence-electron chi connectivity index (χ2n) is 8.09. The van der Waals surface area contributed by atoms with Gasteiger partial charge in [0.15, 0.2) is 11.0 Å². The van der Waals surface area contributed by atoms with E-state index in [0.717, 1.165) is 47.2 Å². The lowest BCUT2D eigenvalue weighted by Crippen LogP contribution is -2.37. The van der Waals surface area contributed by atoms with Gasteiger partial charge in [-0.3, -0.25) is 4.79 Å². The number of halogens is 1. The number of amides is 1. The first-order valence-electron chi connectivity index (χ1n) is 11.3. The summed E-state index contributed by atoms with van der Waals surface area (Å²) in [5.41, 5.74) is 4.95. The number of carbonyl (C=O) groups is 1. The number of hydrogen-bond acceptors (Lipinski definition) is 4. The number of aromatic nitrogens is 2. The summed E-state index contributed by atoms with van der Waals surface area (Å²) >= 11 is 8.01. The van der Waals surface area contributed by atoms with Crippen LogP contribution in [0.25, 0.3) is 11.0 Å². The van der Waals surface area contributed by atoms with Gasteiger partial charge in [0, 0.05) is 13.1 Å². The average molecular weight is 494 g/mol. The summed E-state index contributed by atoms with van der Waals surface area (Å²) in [5, 5.41) is 4.64. The van der Waals surface area contributed by atoms with Crippen molar-refractivity contribution in [3.8, 4) is 0 Å². The second kappa shape index (κ2) is 10.5. The number of benzene rings is 3. The molecule has 34 heavy (non-hydrogen) atoms. The molecule has 0 atom stereocenters. The van der Waals surface area contributed by atoms with Gasteiger partial charge in [0.25, 0.3) is 0 Å². The number of thioether (sulfide) groups is 1. The quantitative estimate of drug-likeness (QED) is 0.289. The first-order chi connectivity index (χ1) is 16.7. The molecule has 3 aromatic carbocycles. The van der Waals surface area contributed by atoms with Crippen LogP contribution in [0.15, 0.2) is 78.0 Å². The molecule has 1 aromatic heterocycles. The lowest BCUT2D eigenvalue weighted by Gasteiger charge is -2.31. The molecule has 2 heterocycles. The van der Waals surface area contributed by atoms with E-state index < -0.39 is 0 Å². The Morgan fingerprint density at radius 3 is 2.62 bits per heavy atom. The van der Waals surface area contributed by atoms with Gasteiger partial charge in [0.2, 0.25) is 5.91 Å². The largest absolute Gasteiger partial charge is 0.378 e. The third kappa shape index (κ3) is 5.06. The third-order valence-electron chi connectivity index (χ3n) is 5.79. The minimum Gasteiger partial charge on any atom is -0.378 e. The molecule has 0 bridgehead atoms. The summed E-state index contributed by atoms with van der Waals surface area (Å²) in [7, 11) is 0. The normalized spacial score (nSPS) is 13.9. The number of rotatable bonds is 7. The zero-order valence-electron chi connectivity index (χ0n) is 18.7. The van der Waals surface area contributed by atoms with Gasteiger partial charge in [-0.15, -0.1) is 0 Å². The molecule has 1 saturated heterocycles. The van der Waals surface area contributed by atoms with Crippen molar-refractivity contribution in [2.24, 2.45) is 0 Å². The fourth-order valence-electron chi connectivity index (χ4n) is 4.19. The van der Waals surface area contributed by atoms with E-state index in [9.17, 15) is 4.79 Å². The Morgan fingerprint density at radius 2 is 1.79 bits per heavy atom. The molecule has 4 aromatic rings. The summed E-state index contributed by atoms with van der Waals surface area (Å²) in [6.07, 6.45) is 0. The van der Waals surface area contributed by atoms with Crippen LogP contribution >= 0.6 is 23.4 Å². The average Bonchev–Trinajstić information content (AvgIpc) is 3.21. The Labute approximate surface area is 207 Å². The van der Waals surface area contributed by atoms with Crippen molar-refractivity contribution in [1.82, 2.24) is 4.98 Å². The Morgan fingerprint density at radius 1 is 1.03 bits per heavy atom. The standard InChI is InChI=1S/C26H25ClN4O2S/c27-20-9-6-11-22(25(20)30-13-15-33-16-14-30)28-24(32)18-34-26-29-21-10-4-5-12-23(21)31(26)17-19-7-2-1-3-8-19/h1-12H,13-18H2,(H,28,32)/p+1. The van der Waals surface area contributed by atoms with E-state index in [2.05, 4.69) is 44.0 Å². The molecule has 8 heteroatoms. The van der Waals surface area contributed by atoms with E-state index in [1.807, 2.05) is 48.5 Å². The molecule has 0 aliphatic carbocycles. The SMILES string of the molecule is O=C(CSc1[nH]c2ccccc2[n+]1Cc1ccccc1)Nc1cccc(Cl)c1N1CCOCC1. The van der Waals surface area contributed by atoms with Gasteiger partial charge in [-0.05, 0) is 41.6 Å². The lowest BCUT2D eigenvalue weighted by atomic mass is 10.2. The van der Waals surface area contributed by atoms with E-state index >= 15 is 0 Å². The van der Waals surface area contributed by atoms with E-state index in [1.165, 1.54) is 17.3 Å². The minimum atomic E-state index is -0.0771. The summed E-state index contributed by atoms with van der Waals surface area (Å²) < 4.78 is 7.69. The number of nitrogens with one attached hydrogen (secondary N) is 2. The highest BCUT2D eigenvalue weighted by Crippen LogP contribution is 2.34. The smallest absolute Gasteiger partial charge is 0.317 e. The molecule has 2 N–H and O–H groups in total. The Balaban J connectivity index is 1.33. The van der Waals surface area contributed by atoms with Crippen molar-refractivity contribution in [2.75, 3.05) is 42.3 Å². The molecule has 0 spiro atoms. The molecule has 0 saturated carbocycles. The molecule has 0 radical (unpaired) electrons. The highest BCUT2D eigenvalue weighted by Gasteiger charge is 2.22. The highest BCUT2D eigenvalue weighted by atomic mass is 35.5. The van der Waals surface area contributed by atoms with Gasteiger partial charge < -0.3 is 15.0 Å². The first-order valence-corrected chi connectivity index (χ1v) is 12.6. The van der Waals surface area contributed by atoms with Crippen LogP contribution in [0, 0.1) is 0 Å². The summed E-state index contributed by atoms with van der Waals surface area (Å²) in [6.45, 7) is 3.52. The fraction of sp³-hybridized carbons (Fsp3) is 0.231. The van der Waals surface area contributed by atoms with Crippen LogP contribution in [0.1, 0.15) is 5.56 Å². The molecule has 6 nitrogen and oxygen atoms in total. The first kappa shape index (κ1) is 22.8. The zero-order chi connectivity index (χ0) is 23.3. The van der Waals surface area contributed by atoms with Gasteiger partial charge in [-0.1, -0.05) is 60.1 Å².